The fraction of sp³-hybridized carbons (Fsp3) is 0.833. The Hall–Kier alpha value is -0.800. The summed E-state index contributed by atoms with van der Waals surface area (Å²) >= 11 is 1.49. The number of aliphatic carboxylic acids is 1. The van der Waals surface area contributed by atoms with Crippen LogP contribution < -0.4 is 10.0 Å². The highest BCUT2D eigenvalue weighted by Gasteiger charge is 2.27. The van der Waals surface area contributed by atoms with E-state index in [4.69, 9.17) is 5.11 Å². The number of hydrogen-bond donors (Lipinski definition) is 3. The smallest absolute Gasteiger partial charge is 0.326 e. The van der Waals surface area contributed by atoms with E-state index in [0.717, 1.165) is 0 Å². The lowest BCUT2D eigenvalue weighted by molar-refractivity contribution is -0.142. The fourth-order valence-corrected chi connectivity index (χ4v) is 2.89. The summed E-state index contributed by atoms with van der Waals surface area (Å²) in [6.45, 7) is 3.29. The molecule has 21 heavy (non-hydrogen) atoms. The third kappa shape index (κ3) is 8.27. The third-order valence-corrected chi connectivity index (χ3v) is 4.87. The molecule has 0 aliphatic heterocycles. The van der Waals surface area contributed by atoms with Crippen molar-refractivity contribution in [1.82, 2.24) is 10.0 Å². The van der Waals surface area contributed by atoms with E-state index in [-0.39, 0.29) is 5.75 Å². The van der Waals surface area contributed by atoms with Gasteiger partial charge in [0, 0.05) is 0 Å². The molecule has 0 rings (SSSR count). The molecule has 0 spiro atoms. The Bertz CT molecular complexity index is 439. The van der Waals surface area contributed by atoms with Crippen molar-refractivity contribution in [2.45, 2.75) is 45.2 Å². The summed E-state index contributed by atoms with van der Waals surface area (Å²) in [6, 6.07) is -1.94. The second-order valence-electron chi connectivity index (χ2n) is 4.54. The number of amides is 1. The first-order valence-electron chi connectivity index (χ1n) is 6.79. The van der Waals surface area contributed by atoms with Crippen molar-refractivity contribution in [2.24, 2.45) is 0 Å². The van der Waals surface area contributed by atoms with E-state index < -0.39 is 34.0 Å². The average Bonchev–Trinajstić information content (AvgIpc) is 2.42. The molecule has 0 aliphatic carbocycles. The maximum atomic E-state index is 12.1. The van der Waals surface area contributed by atoms with Gasteiger partial charge in [-0.1, -0.05) is 13.3 Å². The van der Waals surface area contributed by atoms with Gasteiger partial charge in [0.2, 0.25) is 15.9 Å². The minimum Gasteiger partial charge on any atom is -0.480 e. The molecule has 124 valence electrons. The van der Waals surface area contributed by atoms with E-state index in [2.05, 4.69) is 10.0 Å². The Morgan fingerprint density at radius 1 is 1.19 bits per heavy atom. The van der Waals surface area contributed by atoms with Crippen LogP contribution in [0.2, 0.25) is 0 Å². The maximum Gasteiger partial charge on any atom is 0.326 e. The topological polar surface area (TPSA) is 113 Å². The SMILES string of the molecule is CCC[C@H](NC(=O)C(CCSC)NS(=O)(=O)CC)C(=O)O. The normalized spacial score (nSPS) is 14.4. The van der Waals surface area contributed by atoms with Gasteiger partial charge in [0.15, 0.2) is 0 Å². The first-order valence-corrected chi connectivity index (χ1v) is 9.84. The van der Waals surface area contributed by atoms with Gasteiger partial charge >= 0.3 is 5.97 Å². The van der Waals surface area contributed by atoms with Crippen LogP contribution in [0.25, 0.3) is 0 Å². The molecule has 0 saturated heterocycles. The van der Waals surface area contributed by atoms with Crippen molar-refractivity contribution >= 4 is 33.7 Å². The molecular formula is C12H24N2O5S2. The van der Waals surface area contributed by atoms with Crippen molar-refractivity contribution in [3.05, 3.63) is 0 Å². The van der Waals surface area contributed by atoms with Crippen molar-refractivity contribution in [1.29, 1.82) is 0 Å². The van der Waals surface area contributed by atoms with Crippen LogP contribution in [-0.2, 0) is 19.6 Å². The molecule has 0 fully saturated rings. The zero-order chi connectivity index (χ0) is 16.5. The van der Waals surface area contributed by atoms with Crippen LogP contribution in [0.15, 0.2) is 0 Å². The predicted molar refractivity (Wildman–Crippen MR) is 83.9 cm³/mol. The summed E-state index contributed by atoms with van der Waals surface area (Å²) in [4.78, 5) is 23.2. The lowest BCUT2D eigenvalue weighted by Gasteiger charge is -2.20. The Morgan fingerprint density at radius 2 is 1.81 bits per heavy atom. The Morgan fingerprint density at radius 3 is 2.24 bits per heavy atom. The fourth-order valence-electron chi connectivity index (χ4n) is 1.60. The number of carbonyl (C=O) groups excluding carboxylic acids is 1. The molecule has 2 atom stereocenters. The highest BCUT2D eigenvalue weighted by atomic mass is 32.2. The van der Waals surface area contributed by atoms with Crippen molar-refractivity contribution in [3.8, 4) is 0 Å². The molecule has 0 heterocycles. The molecule has 1 unspecified atom stereocenters. The average molecular weight is 340 g/mol. The summed E-state index contributed by atoms with van der Waals surface area (Å²) in [6.07, 6.45) is 3.06. The van der Waals surface area contributed by atoms with E-state index in [1.807, 2.05) is 13.2 Å². The second kappa shape index (κ2) is 10.0. The minimum absolute atomic E-state index is 0.132. The highest BCUT2D eigenvalue weighted by Crippen LogP contribution is 2.05. The van der Waals surface area contributed by atoms with Crippen LogP contribution >= 0.6 is 11.8 Å². The molecule has 9 heteroatoms. The zero-order valence-electron chi connectivity index (χ0n) is 12.6. The van der Waals surface area contributed by atoms with Crippen LogP contribution in [0.5, 0.6) is 0 Å². The van der Waals surface area contributed by atoms with E-state index >= 15 is 0 Å². The molecule has 7 nitrogen and oxygen atoms in total. The van der Waals surface area contributed by atoms with Gasteiger partial charge < -0.3 is 10.4 Å². The van der Waals surface area contributed by atoms with Crippen molar-refractivity contribution < 1.29 is 23.1 Å². The van der Waals surface area contributed by atoms with E-state index in [0.29, 0.717) is 25.0 Å². The Balaban J connectivity index is 4.88. The van der Waals surface area contributed by atoms with Gasteiger partial charge in [-0.3, -0.25) is 4.79 Å². The first-order chi connectivity index (χ1) is 9.77. The molecule has 0 bridgehead atoms. The first kappa shape index (κ1) is 20.2. The van der Waals surface area contributed by atoms with E-state index in [1.165, 1.54) is 18.7 Å². The minimum atomic E-state index is -3.53. The van der Waals surface area contributed by atoms with Crippen LogP contribution in [0, 0.1) is 0 Å². The van der Waals surface area contributed by atoms with Crippen molar-refractivity contribution in [3.63, 3.8) is 0 Å². The van der Waals surface area contributed by atoms with Crippen molar-refractivity contribution in [2.75, 3.05) is 17.8 Å². The van der Waals surface area contributed by atoms with E-state index in [9.17, 15) is 18.0 Å². The highest BCUT2D eigenvalue weighted by molar-refractivity contribution is 7.98. The summed E-state index contributed by atoms with van der Waals surface area (Å²) < 4.78 is 25.5. The third-order valence-electron chi connectivity index (χ3n) is 2.82. The molecule has 3 N–H and O–H groups in total. The van der Waals surface area contributed by atoms with E-state index in [1.54, 1.807) is 0 Å². The summed E-state index contributed by atoms with van der Waals surface area (Å²) in [5.74, 6) is -1.25. The predicted octanol–water partition coefficient (Wildman–Crippen LogP) is 0.417. The lowest BCUT2D eigenvalue weighted by Crippen LogP contribution is -2.52. The molecule has 1 amide bonds. The van der Waals surface area contributed by atoms with Crippen LogP contribution in [0.1, 0.15) is 33.1 Å². The van der Waals surface area contributed by atoms with Crippen LogP contribution in [-0.4, -0.2) is 55.2 Å². The summed E-state index contributed by atoms with van der Waals surface area (Å²) in [7, 11) is -3.53. The molecule has 0 aliphatic rings. The summed E-state index contributed by atoms with van der Waals surface area (Å²) in [5, 5.41) is 11.4. The molecular weight excluding hydrogens is 316 g/mol. The number of hydrogen-bond acceptors (Lipinski definition) is 5. The Kier molecular flexibility index (Phi) is 9.63. The van der Waals surface area contributed by atoms with Gasteiger partial charge in [0.1, 0.15) is 12.1 Å². The molecule has 0 aromatic heterocycles. The number of carboxylic acids is 1. The van der Waals surface area contributed by atoms with Gasteiger partial charge in [-0.05, 0) is 31.8 Å². The van der Waals surface area contributed by atoms with Gasteiger partial charge in [0.05, 0.1) is 5.75 Å². The number of thioether (sulfide) groups is 1. The standard InChI is InChI=1S/C12H24N2O5S2/c1-4-6-10(12(16)17)13-11(15)9(7-8-20-3)14-21(18,19)5-2/h9-10,14H,4-8H2,1-3H3,(H,13,15)(H,16,17)/t9?,10-/m0/s1. The molecule has 0 aromatic rings. The maximum absolute atomic E-state index is 12.1. The van der Waals surface area contributed by atoms with Crippen LogP contribution in [0.4, 0.5) is 0 Å². The monoisotopic (exact) mass is 340 g/mol. The summed E-state index contributed by atoms with van der Waals surface area (Å²) in [5.41, 5.74) is 0. The van der Waals surface area contributed by atoms with Gasteiger partial charge in [-0.15, -0.1) is 0 Å². The quantitative estimate of drug-likeness (QED) is 0.502. The number of carboxylic acid groups (broad SMARTS) is 1. The Labute approximate surface area is 130 Å². The molecule has 0 radical (unpaired) electrons. The number of sulfonamides is 1. The van der Waals surface area contributed by atoms with Crippen LogP contribution in [0.3, 0.4) is 0 Å². The number of nitrogens with one attached hydrogen (secondary N) is 2. The molecule has 0 aromatic carbocycles. The van der Waals surface area contributed by atoms with Gasteiger partial charge in [-0.25, -0.2) is 17.9 Å². The lowest BCUT2D eigenvalue weighted by atomic mass is 10.1. The van der Waals surface area contributed by atoms with Gasteiger partial charge in [-0.2, -0.15) is 11.8 Å². The zero-order valence-corrected chi connectivity index (χ0v) is 14.2. The number of rotatable bonds is 11. The molecule has 0 saturated carbocycles. The second-order valence-corrected chi connectivity index (χ2v) is 7.57. The van der Waals surface area contributed by atoms with Gasteiger partial charge in [0.25, 0.3) is 0 Å². The largest absolute Gasteiger partial charge is 0.480 e. The number of carbonyl (C=O) groups is 2.